The first-order chi connectivity index (χ1) is 11.7. The van der Waals surface area contributed by atoms with E-state index < -0.39 is 0 Å². The molecule has 3 heterocycles. The number of carbonyl (C=O) groups excluding carboxylic acids is 1. The van der Waals surface area contributed by atoms with Gasteiger partial charge in [-0.1, -0.05) is 19.8 Å². The molecule has 7 heteroatoms. The van der Waals surface area contributed by atoms with Gasteiger partial charge < -0.3 is 9.32 Å². The molecule has 142 valence electrons. The lowest BCUT2D eigenvalue weighted by atomic mass is 9.86. The second kappa shape index (κ2) is 9.53. The zero-order chi connectivity index (χ0) is 16.9. The van der Waals surface area contributed by atoms with Crippen LogP contribution in [0.15, 0.2) is 4.42 Å². The van der Waals surface area contributed by atoms with E-state index in [1.807, 2.05) is 6.92 Å². The largest absolute Gasteiger partial charge is 0.424 e. The minimum Gasteiger partial charge on any atom is -0.424 e. The van der Waals surface area contributed by atoms with Crippen molar-refractivity contribution in [3.05, 3.63) is 11.8 Å². The van der Waals surface area contributed by atoms with Gasteiger partial charge in [-0.3, -0.25) is 9.69 Å². The molecule has 1 aromatic heterocycles. The summed E-state index contributed by atoms with van der Waals surface area (Å²) in [4.78, 5) is 16.6. The van der Waals surface area contributed by atoms with Crippen LogP contribution in [0.25, 0.3) is 0 Å². The smallest absolute Gasteiger partial charge is 0.230 e. The second-order valence-electron chi connectivity index (χ2n) is 7.19. The molecular formula is C18H31ClN4O2. The lowest BCUT2D eigenvalue weighted by molar-refractivity contribution is -0.132. The Morgan fingerprint density at radius 2 is 1.80 bits per heavy atom. The molecule has 0 N–H and O–H groups in total. The standard InChI is InChI=1S/C18H30N4O2.ClH/c1-3-17-19-20-18(24-17)13-21-11-8-15(9-12-21)16-7-5-4-6-10-22(16)14(2)23;/h15-16H,3-13H2,1-2H3;1H. The number of nitrogens with zero attached hydrogens (tertiary/aromatic N) is 4. The minimum absolute atomic E-state index is 0. The maximum Gasteiger partial charge on any atom is 0.230 e. The van der Waals surface area contributed by atoms with E-state index in [-0.39, 0.29) is 18.3 Å². The Balaban J connectivity index is 0.00000225. The molecule has 0 aromatic carbocycles. The van der Waals surface area contributed by atoms with Crippen molar-refractivity contribution in [2.75, 3.05) is 19.6 Å². The zero-order valence-corrected chi connectivity index (χ0v) is 16.3. The van der Waals surface area contributed by atoms with E-state index in [1.165, 1.54) is 19.3 Å². The molecule has 1 atom stereocenters. The highest BCUT2D eigenvalue weighted by atomic mass is 35.5. The lowest BCUT2D eigenvalue weighted by Gasteiger charge is -2.40. The van der Waals surface area contributed by atoms with Gasteiger partial charge in [0, 0.05) is 25.9 Å². The van der Waals surface area contributed by atoms with Crippen LogP contribution >= 0.6 is 12.4 Å². The molecule has 1 aromatic rings. The van der Waals surface area contributed by atoms with E-state index in [2.05, 4.69) is 20.0 Å². The van der Waals surface area contributed by atoms with Crippen LogP contribution in [0.4, 0.5) is 0 Å². The lowest BCUT2D eigenvalue weighted by Crippen LogP contribution is -2.47. The molecule has 0 spiro atoms. The highest BCUT2D eigenvalue weighted by Crippen LogP contribution is 2.30. The van der Waals surface area contributed by atoms with Crippen LogP contribution < -0.4 is 0 Å². The summed E-state index contributed by atoms with van der Waals surface area (Å²) < 4.78 is 5.63. The van der Waals surface area contributed by atoms with Gasteiger partial charge in [0.1, 0.15) is 0 Å². The normalized spacial score (nSPS) is 23.1. The van der Waals surface area contributed by atoms with Gasteiger partial charge in [0.15, 0.2) is 0 Å². The van der Waals surface area contributed by atoms with E-state index >= 15 is 0 Å². The third-order valence-electron chi connectivity index (χ3n) is 5.55. The number of carbonyl (C=O) groups is 1. The predicted octanol–water partition coefficient (Wildman–Crippen LogP) is 3.06. The van der Waals surface area contributed by atoms with Gasteiger partial charge in [0.25, 0.3) is 0 Å². The Bertz CT molecular complexity index is 543. The summed E-state index contributed by atoms with van der Waals surface area (Å²) in [6.07, 6.45) is 7.95. The monoisotopic (exact) mass is 370 g/mol. The maximum atomic E-state index is 12.0. The van der Waals surface area contributed by atoms with E-state index in [1.54, 1.807) is 6.92 Å². The van der Waals surface area contributed by atoms with Crippen LogP contribution in [0.5, 0.6) is 0 Å². The maximum absolute atomic E-state index is 12.0. The number of rotatable bonds is 4. The van der Waals surface area contributed by atoms with Crippen LogP contribution in [-0.4, -0.2) is 51.6 Å². The molecule has 2 aliphatic heterocycles. The van der Waals surface area contributed by atoms with Crippen molar-refractivity contribution < 1.29 is 9.21 Å². The van der Waals surface area contributed by atoms with Crippen molar-refractivity contribution in [1.82, 2.24) is 20.0 Å². The van der Waals surface area contributed by atoms with Gasteiger partial charge in [-0.15, -0.1) is 22.6 Å². The summed E-state index contributed by atoms with van der Waals surface area (Å²) in [5, 5.41) is 8.17. The summed E-state index contributed by atoms with van der Waals surface area (Å²) in [5.74, 6) is 2.33. The minimum atomic E-state index is 0. The highest BCUT2D eigenvalue weighted by Gasteiger charge is 2.32. The van der Waals surface area contributed by atoms with Crippen LogP contribution in [0, 0.1) is 5.92 Å². The fourth-order valence-electron chi connectivity index (χ4n) is 4.20. The number of likely N-dealkylation sites (tertiary alicyclic amines) is 2. The van der Waals surface area contributed by atoms with Crippen molar-refractivity contribution in [2.45, 2.75) is 71.4 Å². The summed E-state index contributed by atoms with van der Waals surface area (Å²) in [5.41, 5.74) is 0. The van der Waals surface area contributed by atoms with Gasteiger partial charge in [0.2, 0.25) is 17.7 Å². The number of piperidine rings is 1. The fraction of sp³-hybridized carbons (Fsp3) is 0.833. The molecule has 3 rings (SSSR count). The molecule has 25 heavy (non-hydrogen) atoms. The third kappa shape index (κ3) is 5.17. The van der Waals surface area contributed by atoms with Crippen LogP contribution in [-0.2, 0) is 17.8 Å². The van der Waals surface area contributed by atoms with E-state index in [4.69, 9.17) is 4.42 Å². The molecule has 0 bridgehead atoms. The topological polar surface area (TPSA) is 62.5 Å². The molecule has 1 unspecified atom stereocenters. The van der Waals surface area contributed by atoms with Crippen LogP contribution in [0.3, 0.4) is 0 Å². The Morgan fingerprint density at radius 1 is 1.08 bits per heavy atom. The van der Waals surface area contributed by atoms with E-state index in [0.29, 0.717) is 12.0 Å². The average molecular weight is 371 g/mol. The molecule has 0 radical (unpaired) electrons. The molecule has 0 aliphatic carbocycles. The zero-order valence-electron chi connectivity index (χ0n) is 15.4. The second-order valence-corrected chi connectivity index (χ2v) is 7.19. The van der Waals surface area contributed by atoms with Crippen molar-refractivity contribution in [3.63, 3.8) is 0 Å². The number of aryl methyl sites for hydroxylation is 1. The van der Waals surface area contributed by atoms with Crippen LogP contribution in [0.2, 0.25) is 0 Å². The summed E-state index contributed by atoms with van der Waals surface area (Å²) in [6.45, 7) is 7.56. The van der Waals surface area contributed by atoms with Crippen molar-refractivity contribution in [2.24, 2.45) is 5.92 Å². The molecule has 0 saturated carbocycles. The number of hydrogen-bond acceptors (Lipinski definition) is 5. The van der Waals surface area contributed by atoms with Crippen molar-refractivity contribution >= 4 is 18.3 Å². The van der Waals surface area contributed by atoms with Gasteiger partial charge in [-0.05, 0) is 44.7 Å². The Labute approximate surface area is 156 Å². The quantitative estimate of drug-likeness (QED) is 0.815. The van der Waals surface area contributed by atoms with E-state index in [9.17, 15) is 4.79 Å². The molecule has 1 amide bonds. The van der Waals surface area contributed by atoms with E-state index in [0.717, 1.165) is 63.6 Å². The highest BCUT2D eigenvalue weighted by molar-refractivity contribution is 5.85. The molecular weight excluding hydrogens is 340 g/mol. The van der Waals surface area contributed by atoms with Crippen LogP contribution in [0.1, 0.15) is 64.2 Å². The first-order valence-corrected chi connectivity index (χ1v) is 9.48. The third-order valence-corrected chi connectivity index (χ3v) is 5.55. The Kier molecular flexibility index (Phi) is 7.69. The fourth-order valence-corrected chi connectivity index (χ4v) is 4.20. The predicted molar refractivity (Wildman–Crippen MR) is 98.6 cm³/mol. The average Bonchev–Trinajstić information content (AvgIpc) is 2.89. The molecule has 2 aliphatic rings. The molecule has 6 nitrogen and oxygen atoms in total. The first-order valence-electron chi connectivity index (χ1n) is 9.48. The van der Waals surface area contributed by atoms with Gasteiger partial charge in [-0.2, -0.15) is 0 Å². The van der Waals surface area contributed by atoms with Gasteiger partial charge in [-0.25, -0.2) is 0 Å². The molecule has 2 fully saturated rings. The SMILES string of the molecule is CCc1nnc(CN2CCC(C3CCCCCN3C(C)=O)CC2)o1.Cl. The summed E-state index contributed by atoms with van der Waals surface area (Å²) >= 11 is 0. The summed E-state index contributed by atoms with van der Waals surface area (Å²) in [6, 6.07) is 0.447. The number of amides is 1. The first kappa shape index (κ1) is 20.2. The molecule has 2 saturated heterocycles. The Morgan fingerprint density at radius 3 is 2.44 bits per heavy atom. The summed E-state index contributed by atoms with van der Waals surface area (Å²) in [7, 11) is 0. The van der Waals surface area contributed by atoms with Crippen molar-refractivity contribution in [3.8, 4) is 0 Å². The van der Waals surface area contributed by atoms with Gasteiger partial charge in [0.05, 0.1) is 6.54 Å². The Hall–Kier alpha value is -1.14. The number of aromatic nitrogens is 2. The van der Waals surface area contributed by atoms with Gasteiger partial charge >= 0.3 is 0 Å². The number of halogens is 1. The number of hydrogen-bond donors (Lipinski definition) is 0. The van der Waals surface area contributed by atoms with Crippen molar-refractivity contribution in [1.29, 1.82) is 0 Å².